The Morgan fingerprint density at radius 2 is 1.83 bits per heavy atom. The monoisotopic (exact) mass is 250 g/mol. The fraction of sp³-hybridized carbons (Fsp3) is 0.600. The summed E-state index contributed by atoms with van der Waals surface area (Å²) in [7, 11) is 0. The zero-order chi connectivity index (χ0) is 13.3. The number of nitrogens with two attached hydrogens (primary N) is 1. The first-order chi connectivity index (χ1) is 8.38. The topological polar surface area (TPSA) is 29.3 Å². The lowest BCUT2D eigenvalue weighted by Gasteiger charge is -2.41. The van der Waals surface area contributed by atoms with Gasteiger partial charge in [-0.05, 0) is 70.3 Å². The van der Waals surface area contributed by atoms with E-state index in [-0.39, 0.29) is 17.0 Å². The molecule has 0 spiro atoms. The Morgan fingerprint density at radius 1 is 1.22 bits per heavy atom. The van der Waals surface area contributed by atoms with Gasteiger partial charge < -0.3 is 5.73 Å². The van der Waals surface area contributed by atoms with Crippen molar-refractivity contribution in [1.29, 1.82) is 0 Å². The highest BCUT2D eigenvalue weighted by atomic mass is 19.1. The molecule has 0 unspecified atom stereocenters. The molecule has 2 rings (SSSR count). The number of hydrogen-bond acceptors (Lipinski definition) is 2. The zero-order valence-corrected chi connectivity index (χ0v) is 11.5. The Morgan fingerprint density at radius 3 is 2.33 bits per heavy atom. The van der Waals surface area contributed by atoms with Gasteiger partial charge in [-0.25, -0.2) is 4.39 Å². The molecular weight excluding hydrogens is 227 g/mol. The zero-order valence-electron chi connectivity index (χ0n) is 11.5. The predicted octanol–water partition coefficient (Wildman–Crippen LogP) is 3.39. The summed E-state index contributed by atoms with van der Waals surface area (Å²) in [5.41, 5.74) is 7.33. The van der Waals surface area contributed by atoms with Crippen molar-refractivity contribution in [2.45, 2.75) is 45.1 Å². The molecule has 0 radical (unpaired) electrons. The van der Waals surface area contributed by atoms with Crippen LogP contribution in [-0.2, 0) is 0 Å². The summed E-state index contributed by atoms with van der Waals surface area (Å²) < 4.78 is 13.2. The summed E-state index contributed by atoms with van der Waals surface area (Å²) in [5, 5.41) is 0. The third kappa shape index (κ3) is 2.83. The normalized spacial score (nSPS) is 19.1. The molecule has 0 atom stereocenters. The van der Waals surface area contributed by atoms with E-state index in [1.165, 1.54) is 11.6 Å². The van der Waals surface area contributed by atoms with E-state index in [2.05, 4.69) is 25.7 Å². The first-order valence-corrected chi connectivity index (χ1v) is 6.68. The molecule has 2 N–H and O–H groups in total. The minimum atomic E-state index is -0.314. The summed E-state index contributed by atoms with van der Waals surface area (Å²) in [5.74, 6) is 0.206. The maximum atomic E-state index is 13.2. The summed E-state index contributed by atoms with van der Waals surface area (Å²) in [6, 6.07) is 5.16. The van der Waals surface area contributed by atoms with Crippen molar-refractivity contribution in [3.63, 3.8) is 0 Å². The second-order valence-electron chi connectivity index (χ2n) is 6.21. The summed E-state index contributed by atoms with van der Waals surface area (Å²) in [4.78, 5) is 2.51. The van der Waals surface area contributed by atoms with Crippen LogP contribution in [0.25, 0.3) is 0 Å². The molecule has 0 aliphatic carbocycles. The Labute approximate surface area is 109 Å². The van der Waals surface area contributed by atoms with E-state index in [0.29, 0.717) is 5.92 Å². The van der Waals surface area contributed by atoms with Crippen LogP contribution in [0.4, 0.5) is 10.1 Å². The number of nitrogens with zero attached hydrogens (tertiary/aromatic N) is 1. The van der Waals surface area contributed by atoms with Gasteiger partial charge in [0.25, 0.3) is 0 Å². The number of likely N-dealkylation sites (tertiary alicyclic amines) is 1. The fourth-order valence-corrected chi connectivity index (χ4v) is 2.70. The van der Waals surface area contributed by atoms with Crippen LogP contribution in [0.15, 0.2) is 18.2 Å². The molecule has 0 bridgehead atoms. The van der Waals surface area contributed by atoms with Crippen molar-refractivity contribution in [1.82, 2.24) is 4.90 Å². The van der Waals surface area contributed by atoms with E-state index in [9.17, 15) is 4.39 Å². The minimum Gasteiger partial charge on any atom is -0.396 e. The highest BCUT2D eigenvalue weighted by Crippen LogP contribution is 2.32. The van der Waals surface area contributed by atoms with E-state index in [1.54, 1.807) is 6.07 Å². The minimum absolute atomic E-state index is 0.243. The second-order valence-corrected chi connectivity index (χ2v) is 6.21. The number of anilines is 1. The molecule has 0 aromatic heterocycles. The van der Waals surface area contributed by atoms with E-state index < -0.39 is 0 Å². The number of piperidine rings is 1. The number of rotatable bonds is 1. The number of halogens is 1. The predicted molar refractivity (Wildman–Crippen MR) is 74.1 cm³/mol. The van der Waals surface area contributed by atoms with Crippen molar-refractivity contribution in [3.8, 4) is 0 Å². The number of benzene rings is 1. The first kappa shape index (κ1) is 13.3. The molecule has 1 heterocycles. The third-order valence-electron chi connectivity index (χ3n) is 3.94. The van der Waals surface area contributed by atoms with Crippen LogP contribution in [0.3, 0.4) is 0 Å². The molecule has 1 saturated heterocycles. The van der Waals surface area contributed by atoms with Gasteiger partial charge in [0.15, 0.2) is 0 Å². The standard InChI is InChI=1S/C15H23FN2/c1-15(2,3)18-8-6-11(7-9-18)12-4-5-13(16)14(17)10-12/h4-5,10-11H,6-9,17H2,1-3H3. The Hall–Kier alpha value is -1.09. The van der Waals surface area contributed by atoms with Crippen LogP contribution >= 0.6 is 0 Å². The third-order valence-corrected chi connectivity index (χ3v) is 3.94. The maximum Gasteiger partial charge on any atom is 0.146 e. The molecule has 1 fully saturated rings. The molecule has 2 nitrogen and oxygen atoms in total. The Balaban J connectivity index is 2.03. The van der Waals surface area contributed by atoms with Crippen molar-refractivity contribution in [2.75, 3.05) is 18.8 Å². The highest BCUT2D eigenvalue weighted by molar-refractivity contribution is 5.43. The second kappa shape index (κ2) is 4.88. The Bertz CT molecular complexity index is 415. The SMILES string of the molecule is CC(C)(C)N1CCC(c2ccc(F)c(N)c2)CC1. The van der Waals surface area contributed by atoms with Crippen LogP contribution in [0.1, 0.15) is 45.1 Å². The molecule has 1 aromatic rings. The molecule has 3 heteroatoms. The molecule has 0 amide bonds. The average molecular weight is 250 g/mol. The van der Waals surface area contributed by atoms with E-state index in [0.717, 1.165) is 25.9 Å². The summed E-state index contributed by atoms with van der Waals surface area (Å²) >= 11 is 0. The Kier molecular flexibility index (Phi) is 3.62. The van der Waals surface area contributed by atoms with Crippen LogP contribution in [0.5, 0.6) is 0 Å². The van der Waals surface area contributed by atoms with Crippen molar-refractivity contribution < 1.29 is 4.39 Å². The van der Waals surface area contributed by atoms with Crippen LogP contribution in [0.2, 0.25) is 0 Å². The lowest BCUT2D eigenvalue weighted by atomic mass is 9.87. The molecule has 18 heavy (non-hydrogen) atoms. The molecule has 1 aliphatic rings. The van der Waals surface area contributed by atoms with E-state index >= 15 is 0 Å². The summed E-state index contributed by atoms with van der Waals surface area (Å²) in [6.07, 6.45) is 2.25. The quantitative estimate of drug-likeness (QED) is 0.774. The average Bonchev–Trinajstić information content (AvgIpc) is 2.32. The smallest absolute Gasteiger partial charge is 0.146 e. The van der Waals surface area contributed by atoms with Gasteiger partial charge in [0.2, 0.25) is 0 Å². The highest BCUT2D eigenvalue weighted by Gasteiger charge is 2.27. The van der Waals surface area contributed by atoms with Gasteiger partial charge in [-0.15, -0.1) is 0 Å². The van der Waals surface area contributed by atoms with Gasteiger partial charge >= 0.3 is 0 Å². The van der Waals surface area contributed by atoms with Crippen LogP contribution in [-0.4, -0.2) is 23.5 Å². The first-order valence-electron chi connectivity index (χ1n) is 6.68. The molecule has 100 valence electrons. The van der Waals surface area contributed by atoms with Gasteiger partial charge in [0.1, 0.15) is 5.82 Å². The lowest BCUT2D eigenvalue weighted by molar-refractivity contribution is 0.102. The number of hydrogen-bond donors (Lipinski definition) is 1. The van der Waals surface area contributed by atoms with Crippen molar-refractivity contribution in [3.05, 3.63) is 29.6 Å². The molecule has 1 aromatic carbocycles. The van der Waals surface area contributed by atoms with Gasteiger partial charge in [-0.1, -0.05) is 6.07 Å². The van der Waals surface area contributed by atoms with Crippen molar-refractivity contribution >= 4 is 5.69 Å². The van der Waals surface area contributed by atoms with Gasteiger partial charge in [-0.2, -0.15) is 0 Å². The maximum absolute atomic E-state index is 13.2. The van der Waals surface area contributed by atoms with E-state index in [1.807, 2.05) is 6.07 Å². The van der Waals surface area contributed by atoms with Gasteiger partial charge in [0.05, 0.1) is 5.69 Å². The fourth-order valence-electron chi connectivity index (χ4n) is 2.70. The van der Waals surface area contributed by atoms with Gasteiger partial charge in [0, 0.05) is 5.54 Å². The summed E-state index contributed by atoms with van der Waals surface area (Å²) in [6.45, 7) is 8.96. The largest absolute Gasteiger partial charge is 0.396 e. The lowest BCUT2D eigenvalue weighted by Crippen LogP contribution is -2.45. The van der Waals surface area contributed by atoms with Crippen LogP contribution < -0.4 is 5.73 Å². The molecule has 1 aliphatic heterocycles. The molecular formula is C15H23FN2. The van der Waals surface area contributed by atoms with Crippen LogP contribution in [0, 0.1) is 5.82 Å². The van der Waals surface area contributed by atoms with E-state index in [4.69, 9.17) is 5.73 Å². The van der Waals surface area contributed by atoms with Gasteiger partial charge in [-0.3, -0.25) is 4.90 Å². The number of nitrogen functional groups attached to an aromatic ring is 1. The molecule has 0 saturated carbocycles. The van der Waals surface area contributed by atoms with Crippen molar-refractivity contribution in [2.24, 2.45) is 0 Å².